The Labute approximate surface area is 184 Å². The van der Waals surface area contributed by atoms with Gasteiger partial charge in [0.1, 0.15) is 6.04 Å². The minimum Gasteiger partial charge on any atom is -0.392 e. The average Bonchev–Trinajstić information content (AvgIpc) is 2.69. The zero-order valence-corrected chi connectivity index (χ0v) is 18.6. The minimum atomic E-state index is -0.466. The van der Waals surface area contributed by atoms with Crippen LogP contribution in [0.5, 0.6) is 0 Å². The van der Waals surface area contributed by atoms with Gasteiger partial charge < -0.3 is 19.8 Å². The minimum absolute atomic E-state index is 0.00203. The van der Waals surface area contributed by atoms with E-state index in [1.165, 1.54) is 6.08 Å². The number of likely N-dealkylation sites (tertiary alicyclic amines) is 1. The Hall–Kier alpha value is -1.89. The fourth-order valence-electron chi connectivity index (χ4n) is 4.42. The summed E-state index contributed by atoms with van der Waals surface area (Å²) in [4.78, 5) is 31.2. The fourth-order valence-corrected chi connectivity index (χ4v) is 4.62. The van der Waals surface area contributed by atoms with Crippen LogP contribution in [0, 0.1) is 5.92 Å². The van der Waals surface area contributed by atoms with Crippen LogP contribution in [0.2, 0.25) is 5.02 Å². The SMILES string of the molecule is CC1C(=O)N(CCCN2C[C@@H](C)C[C@H](O)C2)CCN1C(=O)C=Cc1cccc(Cl)c1. The van der Waals surface area contributed by atoms with Crippen LogP contribution >= 0.6 is 11.6 Å². The van der Waals surface area contributed by atoms with E-state index in [1.54, 1.807) is 30.0 Å². The summed E-state index contributed by atoms with van der Waals surface area (Å²) in [6, 6.07) is 6.83. The molecule has 0 aliphatic carbocycles. The van der Waals surface area contributed by atoms with Crippen molar-refractivity contribution in [1.82, 2.24) is 14.7 Å². The van der Waals surface area contributed by atoms with Gasteiger partial charge in [0.2, 0.25) is 11.8 Å². The van der Waals surface area contributed by atoms with Crippen molar-refractivity contribution in [3.05, 3.63) is 40.9 Å². The lowest BCUT2D eigenvalue weighted by molar-refractivity contribution is -0.148. The maximum atomic E-state index is 12.8. The highest BCUT2D eigenvalue weighted by molar-refractivity contribution is 6.30. The molecule has 1 unspecified atom stereocenters. The Balaban J connectivity index is 1.47. The number of nitrogens with zero attached hydrogens (tertiary/aromatic N) is 3. The molecule has 0 bridgehead atoms. The highest BCUT2D eigenvalue weighted by atomic mass is 35.5. The maximum Gasteiger partial charge on any atom is 0.247 e. The predicted octanol–water partition coefficient (Wildman–Crippen LogP) is 2.51. The van der Waals surface area contributed by atoms with E-state index in [0.29, 0.717) is 30.6 Å². The summed E-state index contributed by atoms with van der Waals surface area (Å²) in [6.07, 6.45) is 4.74. The molecule has 0 spiro atoms. The van der Waals surface area contributed by atoms with E-state index in [1.807, 2.05) is 17.0 Å². The zero-order chi connectivity index (χ0) is 21.7. The number of aliphatic hydroxyl groups excluding tert-OH is 1. The third-order valence-electron chi connectivity index (χ3n) is 5.91. The number of halogens is 1. The molecular formula is C23H32ClN3O3. The number of piperidine rings is 1. The van der Waals surface area contributed by atoms with E-state index in [0.717, 1.165) is 38.0 Å². The molecule has 0 aromatic heterocycles. The standard InChI is InChI=1S/C23H32ClN3O3/c1-17-13-21(28)16-25(15-17)9-4-10-26-11-12-27(18(2)23(26)30)22(29)8-7-19-5-3-6-20(24)14-19/h3,5-8,14,17-18,21,28H,4,9-13,15-16H2,1-2H3/t17-,18?,21-/m0/s1. The van der Waals surface area contributed by atoms with E-state index in [2.05, 4.69) is 11.8 Å². The fraction of sp³-hybridized carbons (Fsp3) is 0.565. The monoisotopic (exact) mass is 433 g/mol. The van der Waals surface area contributed by atoms with E-state index in [-0.39, 0.29) is 17.9 Å². The van der Waals surface area contributed by atoms with Crippen molar-refractivity contribution >= 4 is 29.5 Å². The Morgan fingerprint density at radius 2 is 2.03 bits per heavy atom. The first kappa shape index (κ1) is 22.8. The lowest BCUT2D eigenvalue weighted by Gasteiger charge is -2.39. The van der Waals surface area contributed by atoms with Crippen molar-refractivity contribution in [2.75, 3.05) is 39.3 Å². The van der Waals surface area contributed by atoms with Crippen LogP contribution in [0.4, 0.5) is 0 Å². The number of β-amino-alcohol motifs (C(OH)–C–C–N with tert-alkyl or cyclic N) is 1. The van der Waals surface area contributed by atoms with Crippen LogP contribution in [0.15, 0.2) is 30.3 Å². The van der Waals surface area contributed by atoms with Crippen molar-refractivity contribution in [2.45, 2.75) is 38.8 Å². The summed E-state index contributed by atoms with van der Waals surface area (Å²) in [5.41, 5.74) is 0.852. The topological polar surface area (TPSA) is 64.1 Å². The molecule has 2 aliphatic heterocycles. The third-order valence-corrected chi connectivity index (χ3v) is 6.15. The van der Waals surface area contributed by atoms with Gasteiger partial charge >= 0.3 is 0 Å². The molecule has 30 heavy (non-hydrogen) atoms. The van der Waals surface area contributed by atoms with Gasteiger partial charge in [-0.2, -0.15) is 0 Å². The maximum absolute atomic E-state index is 12.8. The van der Waals surface area contributed by atoms with Crippen molar-refractivity contribution in [2.24, 2.45) is 5.92 Å². The van der Waals surface area contributed by atoms with Crippen LogP contribution in [-0.2, 0) is 9.59 Å². The van der Waals surface area contributed by atoms with E-state index >= 15 is 0 Å². The van der Waals surface area contributed by atoms with Gasteiger partial charge in [-0.3, -0.25) is 9.59 Å². The van der Waals surface area contributed by atoms with Gasteiger partial charge in [-0.1, -0.05) is 30.7 Å². The van der Waals surface area contributed by atoms with Crippen LogP contribution < -0.4 is 0 Å². The Morgan fingerprint density at radius 3 is 2.77 bits per heavy atom. The molecule has 3 rings (SSSR count). The van der Waals surface area contributed by atoms with Gasteiger partial charge in [-0.25, -0.2) is 0 Å². The van der Waals surface area contributed by atoms with Crippen LogP contribution in [-0.4, -0.2) is 83.0 Å². The highest BCUT2D eigenvalue weighted by Crippen LogP contribution is 2.18. The molecule has 2 saturated heterocycles. The predicted molar refractivity (Wildman–Crippen MR) is 119 cm³/mol. The van der Waals surface area contributed by atoms with Crippen molar-refractivity contribution < 1.29 is 14.7 Å². The number of amides is 2. The van der Waals surface area contributed by atoms with Gasteiger partial charge in [0, 0.05) is 43.8 Å². The number of rotatable bonds is 6. The number of benzene rings is 1. The second kappa shape index (κ2) is 10.4. The second-order valence-electron chi connectivity index (χ2n) is 8.53. The first-order chi connectivity index (χ1) is 14.3. The lowest BCUT2D eigenvalue weighted by atomic mass is 9.98. The molecule has 2 heterocycles. The summed E-state index contributed by atoms with van der Waals surface area (Å²) in [5.74, 6) is 0.342. The van der Waals surface area contributed by atoms with Gasteiger partial charge in [0.25, 0.3) is 0 Å². The van der Waals surface area contributed by atoms with E-state index in [9.17, 15) is 14.7 Å². The summed E-state index contributed by atoms with van der Waals surface area (Å²) in [7, 11) is 0. The lowest BCUT2D eigenvalue weighted by Crippen LogP contribution is -2.57. The van der Waals surface area contributed by atoms with Gasteiger partial charge in [0.15, 0.2) is 0 Å². The Bertz CT molecular complexity index is 775. The van der Waals surface area contributed by atoms with Gasteiger partial charge in [0.05, 0.1) is 6.10 Å². The first-order valence-electron chi connectivity index (χ1n) is 10.8. The number of carbonyl (C=O) groups is 2. The van der Waals surface area contributed by atoms with Gasteiger partial charge in [-0.05, 0) is 56.0 Å². The molecule has 0 saturated carbocycles. The highest BCUT2D eigenvalue weighted by Gasteiger charge is 2.33. The molecule has 2 fully saturated rings. The summed E-state index contributed by atoms with van der Waals surface area (Å²) in [6.45, 7) is 8.33. The van der Waals surface area contributed by atoms with Crippen LogP contribution in [0.1, 0.15) is 32.3 Å². The molecule has 1 aromatic carbocycles. The molecule has 2 aliphatic rings. The normalized spacial score (nSPS) is 25.9. The molecule has 6 nitrogen and oxygen atoms in total. The molecule has 2 amide bonds. The number of aliphatic hydroxyl groups is 1. The molecule has 1 aromatic rings. The smallest absolute Gasteiger partial charge is 0.247 e. The quantitative estimate of drug-likeness (QED) is 0.700. The van der Waals surface area contributed by atoms with Crippen molar-refractivity contribution in [3.63, 3.8) is 0 Å². The second-order valence-corrected chi connectivity index (χ2v) is 8.97. The first-order valence-corrected chi connectivity index (χ1v) is 11.1. The summed E-state index contributed by atoms with van der Waals surface area (Å²) < 4.78 is 0. The number of piperazine rings is 1. The number of hydrogen-bond acceptors (Lipinski definition) is 4. The third kappa shape index (κ3) is 6.06. The van der Waals surface area contributed by atoms with Gasteiger partial charge in [-0.15, -0.1) is 0 Å². The van der Waals surface area contributed by atoms with Crippen LogP contribution in [0.3, 0.4) is 0 Å². The molecule has 1 N–H and O–H groups in total. The Kier molecular flexibility index (Phi) is 7.92. The number of hydrogen-bond donors (Lipinski definition) is 1. The molecule has 164 valence electrons. The number of carbonyl (C=O) groups excluding carboxylic acids is 2. The van der Waals surface area contributed by atoms with Crippen LogP contribution in [0.25, 0.3) is 6.08 Å². The Morgan fingerprint density at radius 1 is 1.23 bits per heavy atom. The molecular weight excluding hydrogens is 402 g/mol. The summed E-state index contributed by atoms with van der Waals surface area (Å²) in [5, 5.41) is 10.6. The molecule has 7 heteroatoms. The zero-order valence-electron chi connectivity index (χ0n) is 17.8. The molecule has 3 atom stereocenters. The average molecular weight is 434 g/mol. The van der Waals surface area contributed by atoms with Crippen molar-refractivity contribution in [3.8, 4) is 0 Å². The summed E-state index contributed by atoms with van der Waals surface area (Å²) >= 11 is 5.98. The molecule has 0 radical (unpaired) electrons. The van der Waals surface area contributed by atoms with Crippen molar-refractivity contribution in [1.29, 1.82) is 0 Å². The largest absolute Gasteiger partial charge is 0.392 e. The van der Waals surface area contributed by atoms with E-state index < -0.39 is 6.04 Å². The van der Waals surface area contributed by atoms with E-state index in [4.69, 9.17) is 11.6 Å².